The molecule has 1 fully saturated rings. The number of carbonyl (C=O) groups is 1. The molecule has 0 spiro atoms. The number of ether oxygens (including phenoxy) is 2. The van der Waals surface area contributed by atoms with Crippen LogP contribution in [0.3, 0.4) is 0 Å². The minimum absolute atomic E-state index is 0.0807. The molecule has 1 aliphatic heterocycles. The zero-order valence-corrected chi connectivity index (χ0v) is 13.3. The monoisotopic (exact) mass is 302 g/mol. The van der Waals surface area contributed by atoms with E-state index in [0.717, 1.165) is 12.8 Å². The molecule has 0 saturated carbocycles. The molecule has 0 aliphatic carbocycles. The van der Waals surface area contributed by atoms with Crippen molar-refractivity contribution < 1.29 is 14.3 Å². The van der Waals surface area contributed by atoms with Crippen molar-refractivity contribution in [1.82, 2.24) is 5.32 Å². The zero-order valence-electron chi connectivity index (χ0n) is 12.4. The highest BCUT2D eigenvalue weighted by atomic mass is 32.1. The molecule has 1 saturated heterocycles. The average Bonchev–Trinajstić information content (AvgIpc) is 2.45. The molecule has 0 aromatic rings. The first kappa shape index (κ1) is 17.3. The summed E-state index contributed by atoms with van der Waals surface area (Å²) in [5.41, 5.74) is 5.14. The van der Waals surface area contributed by atoms with Crippen LogP contribution in [0.2, 0.25) is 0 Å². The number of carbonyl (C=O) groups excluding carboxylic acids is 1. The zero-order chi connectivity index (χ0) is 15.0. The van der Waals surface area contributed by atoms with Crippen molar-refractivity contribution in [3.05, 3.63) is 0 Å². The fourth-order valence-electron chi connectivity index (χ4n) is 2.59. The van der Waals surface area contributed by atoms with E-state index in [0.29, 0.717) is 44.2 Å². The van der Waals surface area contributed by atoms with E-state index in [-0.39, 0.29) is 12.0 Å². The predicted octanol–water partition coefficient (Wildman–Crippen LogP) is 1.39. The van der Waals surface area contributed by atoms with E-state index < -0.39 is 5.41 Å². The largest absolute Gasteiger partial charge is 0.392 e. The Morgan fingerprint density at radius 2 is 2.00 bits per heavy atom. The summed E-state index contributed by atoms with van der Waals surface area (Å²) < 4.78 is 10.8. The number of rotatable bonds is 8. The van der Waals surface area contributed by atoms with Crippen molar-refractivity contribution in [3.63, 3.8) is 0 Å². The molecule has 1 rings (SSSR count). The number of nitrogens with two attached hydrogens (primary N) is 1. The van der Waals surface area contributed by atoms with Crippen LogP contribution in [-0.4, -0.2) is 43.4 Å². The van der Waals surface area contributed by atoms with Gasteiger partial charge in [-0.05, 0) is 12.8 Å². The SMILES string of the molecule is CCCC(CCC)(C(=O)NCC1COCCO1)C(N)=S. The molecule has 0 radical (unpaired) electrons. The quantitative estimate of drug-likeness (QED) is 0.663. The normalized spacial score (nSPS) is 19.6. The first-order valence-corrected chi connectivity index (χ1v) is 7.75. The van der Waals surface area contributed by atoms with Crippen LogP contribution in [0.4, 0.5) is 0 Å². The molecule has 0 aromatic carbocycles. The third kappa shape index (κ3) is 4.40. The lowest BCUT2D eigenvalue weighted by Crippen LogP contribution is -2.51. The summed E-state index contributed by atoms with van der Waals surface area (Å²) in [4.78, 5) is 12.8. The van der Waals surface area contributed by atoms with E-state index in [9.17, 15) is 4.79 Å². The molecule has 0 aromatic heterocycles. The van der Waals surface area contributed by atoms with Crippen LogP contribution in [0, 0.1) is 5.41 Å². The minimum atomic E-state index is -0.728. The molecule has 20 heavy (non-hydrogen) atoms. The Hall–Kier alpha value is -0.720. The molecule has 1 unspecified atom stereocenters. The Morgan fingerprint density at radius 1 is 1.35 bits per heavy atom. The lowest BCUT2D eigenvalue weighted by atomic mass is 9.78. The second-order valence-electron chi connectivity index (χ2n) is 5.22. The van der Waals surface area contributed by atoms with Gasteiger partial charge in [0.1, 0.15) is 0 Å². The first-order valence-electron chi connectivity index (χ1n) is 7.34. The van der Waals surface area contributed by atoms with Crippen LogP contribution in [0.25, 0.3) is 0 Å². The summed E-state index contributed by atoms with van der Waals surface area (Å²) in [7, 11) is 0. The van der Waals surface area contributed by atoms with Gasteiger partial charge in [0.05, 0.1) is 36.3 Å². The van der Waals surface area contributed by atoms with E-state index in [2.05, 4.69) is 5.32 Å². The molecule has 5 nitrogen and oxygen atoms in total. The van der Waals surface area contributed by atoms with Crippen LogP contribution in [0.5, 0.6) is 0 Å². The molecule has 1 amide bonds. The Balaban J connectivity index is 2.64. The van der Waals surface area contributed by atoms with Gasteiger partial charge in [-0.3, -0.25) is 4.79 Å². The number of hydrogen-bond donors (Lipinski definition) is 2. The topological polar surface area (TPSA) is 73.6 Å². The number of hydrogen-bond acceptors (Lipinski definition) is 4. The van der Waals surface area contributed by atoms with Crippen LogP contribution >= 0.6 is 12.2 Å². The third-order valence-electron chi connectivity index (χ3n) is 3.64. The molecule has 1 atom stereocenters. The fourth-order valence-corrected chi connectivity index (χ4v) is 2.89. The third-order valence-corrected chi connectivity index (χ3v) is 4.03. The lowest BCUT2D eigenvalue weighted by Gasteiger charge is -2.32. The van der Waals surface area contributed by atoms with Crippen molar-refractivity contribution in [1.29, 1.82) is 0 Å². The second kappa shape index (κ2) is 8.54. The van der Waals surface area contributed by atoms with E-state index in [1.54, 1.807) is 0 Å². The van der Waals surface area contributed by atoms with Crippen LogP contribution in [0.1, 0.15) is 39.5 Å². The van der Waals surface area contributed by atoms with Crippen molar-refractivity contribution in [2.45, 2.75) is 45.6 Å². The molecule has 116 valence electrons. The van der Waals surface area contributed by atoms with E-state index in [1.165, 1.54) is 0 Å². The minimum Gasteiger partial charge on any atom is -0.392 e. The Morgan fingerprint density at radius 3 is 2.45 bits per heavy atom. The number of nitrogens with one attached hydrogen (secondary N) is 1. The second-order valence-corrected chi connectivity index (χ2v) is 5.66. The van der Waals surface area contributed by atoms with Gasteiger partial charge in [-0.25, -0.2) is 0 Å². The van der Waals surface area contributed by atoms with Gasteiger partial charge in [0, 0.05) is 6.54 Å². The molecule has 6 heteroatoms. The van der Waals surface area contributed by atoms with E-state index >= 15 is 0 Å². The number of amides is 1. The fraction of sp³-hybridized carbons (Fsp3) is 0.857. The summed E-state index contributed by atoms with van der Waals surface area (Å²) in [5, 5.41) is 2.93. The highest BCUT2D eigenvalue weighted by molar-refractivity contribution is 7.80. The van der Waals surface area contributed by atoms with Crippen molar-refractivity contribution in [3.8, 4) is 0 Å². The van der Waals surface area contributed by atoms with Gasteiger partial charge < -0.3 is 20.5 Å². The van der Waals surface area contributed by atoms with Crippen LogP contribution in [0.15, 0.2) is 0 Å². The Bertz CT molecular complexity index is 324. The standard InChI is InChI=1S/C14H26N2O3S/c1-3-5-14(6-4-2,12(15)20)13(17)16-9-11-10-18-7-8-19-11/h11H,3-10H2,1-2H3,(H2,15,20)(H,16,17). The van der Waals surface area contributed by atoms with Gasteiger partial charge >= 0.3 is 0 Å². The van der Waals surface area contributed by atoms with Gasteiger partial charge in [-0.2, -0.15) is 0 Å². The first-order chi connectivity index (χ1) is 9.56. The van der Waals surface area contributed by atoms with Crippen molar-refractivity contribution in [2.24, 2.45) is 11.1 Å². The maximum absolute atomic E-state index is 12.6. The molecule has 1 heterocycles. The average molecular weight is 302 g/mol. The summed E-state index contributed by atoms with van der Waals surface area (Å²) in [6, 6.07) is 0. The maximum Gasteiger partial charge on any atom is 0.233 e. The predicted molar refractivity (Wildman–Crippen MR) is 82.6 cm³/mol. The smallest absolute Gasteiger partial charge is 0.233 e. The highest BCUT2D eigenvalue weighted by Gasteiger charge is 2.39. The number of thiocarbonyl (C=S) groups is 1. The van der Waals surface area contributed by atoms with Gasteiger partial charge in [0.2, 0.25) is 5.91 Å². The molecule has 3 N–H and O–H groups in total. The Labute approximate surface area is 126 Å². The molecular formula is C14H26N2O3S. The van der Waals surface area contributed by atoms with Gasteiger partial charge in [0.15, 0.2) is 0 Å². The Kier molecular flexibility index (Phi) is 7.40. The van der Waals surface area contributed by atoms with Crippen molar-refractivity contribution in [2.75, 3.05) is 26.4 Å². The van der Waals surface area contributed by atoms with E-state index in [1.807, 2.05) is 13.8 Å². The lowest BCUT2D eigenvalue weighted by molar-refractivity contribution is -0.130. The maximum atomic E-state index is 12.6. The molecule has 1 aliphatic rings. The van der Waals surface area contributed by atoms with Gasteiger partial charge in [-0.15, -0.1) is 0 Å². The van der Waals surface area contributed by atoms with Crippen molar-refractivity contribution >= 4 is 23.1 Å². The summed E-state index contributed by atoms with van der Waals surface area (Å²) in [6.45, 7) is 6.22. The summed E-state index contributed by atoms with van der Waals surface area (Å²) >= 11 is 5.17. The van der Waals surface area contributed by atoms with Gasteiger partial charge in [0.25, 0.3) is 0 Å². The summed E-state index contributed by atoms with van der Waals surface area (Å²) in [5.74, 6) is -0.0807. The van der Waals surface area contributed by atoms with Gasteiger partial charge in [-0.1, -0.05) is 38.9 Å². The van der Waals surface area contributed by atoms with Crippen LogP contribution < -0.4 is 11.1 Å². The highest BCUT2D eigenvalue weighted by Crippen LogP contribution is 2.31. The van der Waals surface area contributed by atoms with E-state index in [4.69, 9.17) is 27.4 Å². The van der Waals surface area contributed by atoms with Crippen LogP contribution in [-0.2, 0) is 14.3 Å². The summed E-state index contributed by atoms with van der Waals surface area (Å²) in [6.07, 6.45) is 3.02. The molecule has 0 bridgehead atoms. The molecular weight excluding hydrogens is 276 g/mol.